The second kappa shape index (κ2) is 5.07. The molecular weight excluding hydrogens is 226 g/mol. The van der Waals surface area contributed by atoms with E-state index < -0.39 is 0 Å². The van der Waals surface area contributed by atoms with Crippen molar-refractivity contribution < 1.29 is 10.2 Å². The van der Waals surface area contributed by atoms with Gasteiger partial charge in [0.1, 0.15) is 11.5 Å². The molecule has 0 aliphatic rings. The van der Waals surface area contributed by atoms with Crippen molar-refractivity contribution in [2.45, 2.75) is 0 Å². The van der Waals surface area contributed by atoms with Crippen LogP contribution in [0, 0.1) is 11.3 Å². The van der Waals surface area contributed by atoms with E-state index in [0.717, 1.165) is 5.56 Å². The van der Waals surface area contributed by atoms with Gasteiger partial charge in [-0.1, -0.05) is 24.3 Å². The zero-order valence-corrected chi connectivity index (χ0v) is 9.54. The first kappa shape index (κ1) is 11.7. The Morgan fingerprint density at radius 1 is 0.833 bits per heavy atom. The zero-order valence-electron chi connectivity index (χ0n) is 9.54. The minimum atomic E-state index is 0.0227. The number of aromatic hydroxyl groups is 2. The molecular formula is C15H11NO2. The maximum absolute atomic E-state index is 9.33. The third-order valence-corrected chi connectivity index (χ3v) is 2.43. The van der Waals surface area contributed by atoms with E-state index in [0.29, 0.717) is 11.1 Å². The van der Waals surface area contributed by atoms with Gasteiger partial charge in [-0.25, -0.2) is 0 Å². The molecule has 0 amide bonds. The number of nitriles is 1. The Hall–Kier alpha value is -2.73. The first-order valence-corrected chi connectivity index (χ1v) is 5.38. The summed E-state index contributed by atoms with van der Waals surface area (Å²) in [6.45, 7) is 0. The molecule has 0 aliphatic carbocycles. The highest BCUT2D eigenvalue weighted by molar-refractivity contribution is 5.71. The average molecular weight is 237 g/mol. The van der Waals surface area contributed by atoms with Crippen LogP contribution >= 0.6 is 0 Å². The lowest BCUT2D eigenvalue weighted by atomic mass is 10.1. The van der Waals surface area contributed by atoms with Gasteiger partial charge in [0, 0.05) is 6.07 Å². The monoisotopic (exact) mass is 237 g/mol. The van der Waals surface area contributed by atoms with Crippen molar-refractivity contribution in [3.8, 4) is 17.6 Å². The number of hydrogen-bond acceptors (Lipinski definition) is 3. The summed E-state index contributed by atoms with van der Waals surface area (Å²) in [5, 5.41) is 27.3. The maximum atomic E-state index is 9.33. The Kier molecular flexibility index (Phi) is 3.31. The van der Waals surface area contributed by atoms with Crippen LogP contribution in [0.1, 0.15) is 16.7 Å². The first-order chi connectivity index (χ1) is 8.67. The lowest BCUT2D eigenvalue weighted by Gasteiger charge is -1.98. The lowest BCUT2D eigenvalue weighted by Crippen LogP contribution is -1.76. The van der Waals surface area contributed by atoms with Crippen molar-refractivity contribution in [3.63, 3.8) is 0 Å². The molecule has 0 saturated heterocycles. The van der Waals surface area contributed by atoms with Crippen LogP contribution in [0.15, 0.2) is 42.5 Å². The van der Waals surface area contributed by atoms with Crippen LogP contribution in [0.4, 0.5) is 0 Å². The fourth-order valence-corrected chi connectivity index (χ4v) is 1.58. The molecule has 3 heteroatoms. The molecule has 2 rings (SSSR count). The summed E-state index contributed by atoms with van der Waals surface area (Å²) in [5.41, 5.74) is 2.26. The maximum Gasteiger partial charge on any atom is 0.119 e. The van der Waals surface area contributed by atoms with Crippen LogP contribution in [0.25, 0.3) is 12.2 Å². The van der Waals surface area contributed by atoms with Gasteiger partial charge in [-0.2, -0.15) is 5.26 Å². The van der Waals surface area contributed by atoms with E-state index in [1.807, 2.05) is 18.2 Å². The van der Waals surface area contributed by atoms with Gasteiger partial charge in [-0.3, -0.25) is 0 Å². The summed E-state index contributed by atoms with van der Waals surface area (Å²) < 4.78 is 0. The topological polar surface area (TPSA) is 64.2 Å². The SMILES string of the molecule is N#Cc1ccc(C=Cc2cc(O)cc(O)c2)cc1. The number of phenolic OH excluding ortho intramolecular Hbond substituents is 2. The van der Waals surface area contributed by atoms with E-state index >= 15 is 0 Å². The van der Waals surface area contributed by atoms with Crippen molar-refractivity contribution >= 4 is 12.2 Å². The van der Waals surface area contributed by atoms with E-state index in [-0.39, 0.29) is 11.5 Å². The van der Waals surface area contributed by atoms with E-state index in [9.17, 15) is 10.2 Å². The van der Waals surface area contributed by atoms with Crippen molar-refractivity contribution in [1.82, 2.24) is 0 Å². The van der Waals surface area contributed by atoms with Crippen molar-refractivity contribution in [2.75, 3.05) is 0 Å². The molecule has 0 aromatic heterocycles. The Morgan fingerprint density at radius 3 is 1.94 bits per heavy atom. The molecule has 2 N–H and O–H groups in total. The molecule has 3 nitrogen and oxygen atoms in total. The van der Waals surface area contributed by atoms with E-state index in [1.54, 1.807) is 30.3 Å². The highest BCUT2D eigenvalue weighted by Crippen LogP contribution is 2.21. The van der Waals surface area contributed by atoms with Crippen molar-refractivity contribution in [1.29, 1.82) is 5.26 Å². The van der Waals surface area contributed by atoms with Gasteiger partial charge in [0.2, 0.25) is 0 Å². The average Bonchev–Trinajstić information content (AvgIpc) is 2.36. The van der Waals surface area contributed by atoms with Crippen LogP contribution < -0.4 is 0 Å². The molecule has 0 fully saturated rings. The predicted octanol–water partition coefficient (Wildman–Crippen LogP) is 3.14. The highest BCUT2D eigenvalue weighted by Gasteiger charge is 1.96. The van der Waals surface area contributed by atoms with Crippen molar-refractivity contribution in [3.05, 3.63) is 59.2 Å². The summed E-state index contributed by atoms with van der Waals surface area (Å²) in [7, 11) is 0. The molecule has 2 aromatic rings. The molecule has 0 bridgehead atoms. The smallest absolute Gasteiger partial charge is 0.119 e. The third kappa shape index (κ3) is 2.89. The molecule has 18 heavy (non-hydrogen) atoms. The molecule has 0 saturated carbocycles. The number of rotatable bonds is 2. The third-order valence-electron chi connectivity index (χ3n) is 2.43. The van der Waals surface area contributed by atoms with Gasteiger partial charge in [-0.15, -0.1) is 0 Å². The highest BCUT2D eigenvalue weighted by atomic mass is 16.3. The normalized spacial score (nSPS) is 10.4. The molecule has 0 spiro atoms. The summed E-state index contributed by atoms with van der Waals surface area (Å²) in [6.07, 6.45) is 3.62. The number of benzene rings is 2. The summed E-state index contributed by atoms with van der Waals surface area (Å²) >= 11 is 0. The zero-order chi connectivity index (χ0) is 13.0. The Bertz CT molecular complexity index is 602. The predicted molar refractivity (Wildman–Crippen MR) is 69.9 cm³/mol. The van der Waals surface area contributed by atoms with E-state index in [2.05, 4.69) is 6.07 Å². The summed E-state index contributed by atoms with van der Waals surface area (Å²) in [6, 6.07) is 13.6. The number of hydrogen-bond donors (Lipinski definition) is 2. The van der Waals surface area contributed by atoms with Gasteiger partial charge in [-0.05, 0) is 35.4 Å². The van der Waals surface area contributed by atoms with Gasteiger partial charge < -0.3 is 10.2 Å². The van der Waals surface area contributed by atoms with Gasteiger partial charge in [0.05, 0.1) is 11.6 Å². The Morgan fingerprint density at radius 2 is 1.39 bits per heavy atom. The Balaban J connectivity index is 2.21. The van der Waals surface area contributed by atoms with Crippen LogP contribution in [0.3, 0.4) is 0 Å². The second-order valence-corrected chi connectivity index (χ2v) is 3.85. The van der Waals surface area contributed by atoms with E-state index in [1.165, 1.54) is 6.07 Å². The van der Waals surface area contributed by atoms with E-state index in [4.69, 9.17) is 5.26 Å². The summed E-state index contributed by atoms with van der Waals surface area (Å²) in [5.74, 6) is 0.0453. The van der Waals surface area contributed by atoms with Crippen LogP contribution in [-0.2, 0) is 0 Å². The van der Waals surface area contributed by atoms with Crippen LogP contribution in [-0.4, -0.2) is 10.2 Å². The van der Waals surface area contributed by atoms with Crippen LogP contribution in [0.2, 0.25) is 0 Å². The van der Waals surface area contributed by atoms with Gasteiger partial charge >= 0.3 is 0 Å². The minimum absolute atomic E-state index is 0.0227. The summed E-state index contributed by atoms with van der Waals surface area (Å²) in [4.78, 5) is 0. The molecule has 0 unspecified atom stereocenters. The molecule has 0 atom stereocenters. The quantitative estimate of drug-likeness (QED) is 0.788. The lowest BCUT2D eigenvalue weighted by molar-refractivity contribution is 0.450. The molecule has 2 aromatic carbocycles. The molecule has 88 valence electrons. The second-order valence-electron chi connectivity index (χ2n) is 3.85. The fraction of sp³-hybridized carbons (Fsp3) is 0. The Labute approximate surface area is 105 Å². The van der Waals surface area contributed by atoms with Crippen molar-refractivity contribution in [2.24, 2.45) is 0 Å². The molecule has 0 aliphatic heterocycles. The van der Waals surface area contributed by atoms with Gasteiger partial charge in [0.25, 0.3) is 0 Å². The minimum Gasteiger partial charge on any atom is -0.508 e. The largest absolute Gasteiger partial charge is 0.508 e. The number of nitrogens with zero attached hydrogens (tertiary/aromatic N) is 1. The first-order valence-electron chi connectivity index (χ1n) is 5.38. The molecule has 0 radical (unpaired) electrons. The standard InChI is InChI=1S/C15H11NO2/c16-10-12-4-1-11(2-5-12)3-6-13-7-14(17)9-15(18)8-13/h1-9,17-18H. The van der Waals surface area contributed by atoms with Crippen LogP contribution in [0.5, 0.6) is 11.5 Å². The fourth-order valence-electron chi connectivity index (χ4n) is 1.58. The van der Waals surface area contributed by atoms with Gasteiger partial charge in [0.15, 0.2) is 0 Å². The number of phenols is 2. The molecule has 0 heterocycles.